The minimum absolute atomic E-state index is 0.0734. The van der Waals surface area contributed by atoms with Crippen LogP contribution in [-0.4, -0.2) is 55.2 Å². The molecular weight excluding hydrogens is 360 g/mol. The Morgan fingerprint density at radius 1 is 1.32 bits per heavy atom. The first-order valence-electron chi connectivity index (χ1n) is 9.74. The molecule has 2 atom stereocenters. The molecule has 2 aromatic heterocycles. The molecule has 2 amide bonds. The molecule has 3 aliphatic rings. The van der Waals surface area contributed by atoms with Gasteiger partial charge in [-0.25, -0.2) is 0 Å². The minimum Gasteiger partial charge on any atom is -0.356 e. The van der Waals surface area contributed by atoms with Crippen molar-refractivity contribution in [3.05, 3.63) is 41.7 Å². The molecule has 2 unspecified atom stereocenters. The Morgan fingerprint density at radius 3 is 3.00 bits per heavy atom. The van der Waals surface area contributed by atoms with E-state index in [1.807, 2.05) is 17.0 Å². The fraction of sp³-hybridized carbons (Fsp3) is 0.526. The van der Waals surface area contributed by atoms with Crippen molar-refractivity contribution >= 4 is 11.8 Å². The molecule has 4 heterocycles. The summed E-state index contributed by atoms with van der Waals surface area (Å²) in [6, 6.07) is 3.41. The molecule has 1 saturated heterocycles. The third kappa shape index (κ3) is 3.05. The summed E-state index contributed by atoms with van der Waals surface area (Å²) in [5.74, 6) is 1.40. The molecule has 9 nitrogen and oxygen atoms in total. The number of carbonyl (C=O) groups is 2. The van der Waals surface area contributed by atoms with Gasteiger partial charge in [0.05, 0.1) is 12.6 Å². The lowest BCUT2D eigenvalue weighted by molar-refractivity contribution is -0.165. The van der Waals surface area contributed by atoms with E-state index in [4.69, 9.17) is 4.74 Å². The molecule has 5 rings (SSSR count). The molecular formula is C19H22N6O3. The quantitative estimate of drug-likeness (QED) is 0.801. The summed E-state index contributed by atoms with van der Waals surface area (Å²) in [6.45, 7) is 1.10. The lowest BCUT2D eigenvalue weighted by Crippen LogP contribution is -2.55. The van der Waals surface area contributed by atoms with Crippen LogP contribution in [0.3, 0.4) is 0 Å². The van der Waals surface area contributed by atoms with Crippen molar-refractivity contribution in [1.29, 1.82) is 0 Å². The molecule has 1 aliphatic carbocycles. The zero-order chi connectivity index (χ0) is 19.1. The van der Waals surface area contributed by atoms with Gasteiger partial charge < -0.3 is 19.5 Å². The van der Waals surface area contributed by atoms with Gasteiger partial charge in [-0.1, -0.05) is 6.07 Å². The highest BCUT2D eigenvalue weighted by atomic mass is 16.5. The van der Waals surface area contributed by atoms with Crippen LogP contribution in [0.5, 0.6) is 0 Å². The zero-order valence-electron chi connectivity index (χ0n) is 15.5. The first kappa shape index (κ1) is 17.3. The maximum absolute atomic E-state index is 13.0. The molecule has 0 aromatic carbocycles. The second-order valence-electron chi connectivity index (χ2n) is 7.50. The van der Waals surface area contributed by atoms with E-state index in [1.165, 1.54) is 0 Å². The Bertz CT molecular complexity index is 894. The number of aromatic nitrogens is 4. The molecule has 1 saturated carbocycles. The maximum Gasteiger partial charge on any atom is 0.252 e. The van der Waals surface area contributed by atoms with E-state index in [9.17, 15) is 9.59 Å². The molecule has 28 heavy (non-hydrogen) atoms. The van der Waals surface area contributed by atoms with Crippen LogP contribution in [0.2, 0.25) is 0 Å². The Labute approximate surface area is 162 Å². The van der Waals surface area contributed by atoms with Gasteiger partial charge >= 0.3 is 0 Å². The molecule has 2 aromatic rings. The molecule has 0 radical (unpaired) electrons. The van der Waals surface area contributed by atoms with Crippen molar-refractivity contribution in [3.8, 4) is 0 Å². The normalized spacial score (nSPS) is 24.3. The summed E-state index contributed by atoms with van der Waals surface area (Å²) in [7, 11) is 0. The summed E-state index contributed by atoms with van der Waals surface area (Å²) < 4.78 is 7.77. The van der Waals surface area contributed by atoms with E-state index in [2.05, 4.69) is 25.1 Å². The number of rotatable bonds is 5. The van der Waals surface area contributed by atoms with Crippen LogP contribution in [0.4, 0.5) is 0 Å². The van der Waals surface area contributed by atoms with E-state index in [0.717, 1.165) is 49.4 Å². The molecule has 1 N–H and O–H groups in total. The summed E-state index contributed by atoms with van der Waals surface area (Å²) in [5, 5.41) is 11.3. The average molecular weight is 382 g/mol. The van der Waals surface area contributed by atoms with E-state index in [0.29, 0.717) is 6.54 Å². The number of aryl methyl sites for hydroxylation is 1. The van der Waals surface area contributed by atoms with Crippen molar-refractivity contribution in [3.63, 3.8) is 0 Å². The van der Waals surface area contributed by atoms with Crippen LogP contribution < -0.4 is 5.32 Å². The molecule has 2 aliphatic heterocycles. The van der Waals surface area contributed by atoms with Gasteiger partial charge in [0.2, 0.25) is 5.91 Å². The SMILES string of the molecule is O=C(NCc1nnc2n1CCC2)C1OCC(=O)N(C2CC2)C1c1cccnc1. The van der Waals surface area contributed by atoms with Gasteiger partial charge in [0.15, 0.2) is 11.9 Å². The lowest BCUT2D eigenvalue weighted by atomic mass is 9.98. The third-order valence-corrected chi connectivity index (χ3v) is 5.59. The predicted molar refractivity (Wildman–Crippen MR) is 96.8 cm³/mol. The number of carbonyl (C=O) groups excluding carboxylic acids is 2. The van der Waals surface area contributed by atoms with E-state index in [1.54, 1.807) is 12.4 Å². The third-order valence-electron chi connectivity index (χ3n) is 5.59. The highest BCUT2D eigenvalue weighted by molar-refractivity contribution is 5.86. The van der Waals surface area contributed by atoms with E-state index in [-0.39, 0.29) is 24.5 Å². The fourth-order valence-electron chi connectivity index (χ4n) is 4.12. The van der Waals surface area contributed by atoms with Crippen LogP contribution in [0.25, 0.3) is 0 Å². The highest BCUT2D eigenvalue weighted by Crippen LogP contribution is 2.39. The first-order valence-corrected chi connectivity index (χ1v) is 9.74. The number of morpholine rings is 1. The van der Waals surface area contributed by atoms with Crippen molar-refractivity contribution < 1.29 is 14.3 Å². The monoisotopic (exact) mass is 382 g/mol. The number of hydrogen-bond donors (Lipinski definition) is 1. The Hall–Kier alpha value is -2.81. The van der Waals surface area contributed by atoms with Gasteiger partial charge in [0.1, 0.15) is 12.4 Å². The number of hydrogen-bond acceptors (Lipinski definition) is 6. The van der Waals surface area contributed by atoms with Crippen LogP contribution in [0.15, 0.2) is 24.5 Å². The molecule has 2 fully saturated rings. The number of amides is 2. The highest BCUT2D eigenvalue weighted by Gasteiger charge is 2.47. The van der Waals surface area contributed by atoms with Gasteiger partial charge in [-0.2, -0.15) is 0 Å². The van der Waals surface area contributed by atoms with Crippen LogP contribution in [-0.2, 0) is 33.8 Å². The number of nitrogens with zero attached hydrogens (tertiary/aromatic N) is 5. The van der Waals surface area contributed by atoms with E-state index < -0.39 is 12.1 Å². The largest absolute Gasteiger partial charge is 0.356 e. The van der Waals surface area contributed by atoms with Crippen molar-refractivity contribution in [1.82, 2.24) is 30.0 Å². The summed E-state index contributed by atoms with van der Waals surface area (Å²) in [4.78, 5) is 31.5. The second-order valence-corrected chi connectivity index (χ2v) is 7.50. The van der Waals surface area contributed by atoms with Crippen LogP contribution in [0.1, 0.15) is 42.5 Å². The van der Waals surface area contributed by atoms with Crippen molar-refractivity contribution in [2.24, 2.45) is 0 Å². The topological polar surface area (TPSA) is 102 Å². The number of ether oxygens (including phenoxy) is 1. The fourth-order valence-corrected chi connectivity index (χ4v) is 4.12. The van der Waals surface area contributed by atoms with Crippen LogP contribution >= 0.6 is 0 Å². The number of nitrogens with one attached hydrogen (secondary N) is 1. The Morgan fingerprint density at radius 2 is 2.21 bits per heavy atom. The molecule has 9 heteroatoms. The summed E-state index contributed by atoms with van der Waals surface area (Å²) >= 11 is 0. The second kappa shape index (κ2) is 6.97. The average Bonchev–Trinajstić information content (AvgIpc) is 3.31. The number of fused-ring (bicyclic) bond motifs is 1. The summed E-state index contributed by atoms with van der Waals surface area (Å²) in [5.41, 5.74) is 0.811. The zero-order valence-corrected chi connectivity index (χ0v) is 15.5. The predicted octanol–water partition coefficient (Wildman–Crippen LogP) is 0.367. The van der Waals surface area contributed by atoms with Crippen molar-refractivity contribution in [2.75, 3.05) is 6.61 Å². The van der Waals surface area contributed by atoms with Gasteiger partial charge in [-0.3, -0.25) is 14.6 Å². The molecule has 146 valence electrons. The number of pyridine rings is 1. The lowest BCUT2D eigenvalue weighted by Gasteiger charge is -2.40. The Kier molecular flexibility index (Phi) is 4.31. The Balaban J connectivity index is 1.37. The van der Waals surface area contributed by atoms with Gasteiger partial charge in [0, 0.05) is 31.4 Å². The van der Waals surface area contributed by atoms with Gasteiger partial charge in [-0.05, 0) is 30.9 Å². The maximum atomic E-state index is 13.0. The van der Waals surface area contributed by atoms with Gasteiger partial charge in [-0.15, -0.1) is 10.2 Å². The van der Waals surface area contributed by atoms with E-state index >= 15 is 0 Å². The van der Waals surface area contributed by atoms with Crippen LogP contribution in [0, 0.1) is 0 Å². The molecule has 0 bridgehead atoms. The first-order chi connectivity index (χ1) is 13.7. The summed E-state index contributed by atoms with van der Waals surface area (Å²) in [6.07, 6.45) is 6.51. The minimum atomic E-state index is -0.775. The van der Waals surface area contributed by atoms with Gasteiger partial charge in [0.25, 0.3) is 5.91 Å². The molecule has 0 spiro atoms. The smallest absolute Gasteiger partial charge is 0.252 e. The van der Waals surface area contributed by atoms with Crippen molar-refractivity contribution in [2.45, 2.75) is 57.0 Å². The standard InChI is InChI=1S/C19H22N6O3/c26-16-11-28-18(17(25(16)13-5-6-13)12-3-1-7-20-9-12)19(27)21-10-15-23-22-14-4-2-8-24(14)15/h1,3,7,9,13,17-18H,2,4-6,8,10-11H2,(H,21,27).